The normalized spacial score (nSPS) is 14.2. The first-order valence-electron chi connectivity index (χ1n) is 6.52. The van der Waals surface area contributed by atoms with Crippen LogP contribution in [0.25, 0.3) is 11.1 Å². The first kappa shape index (κ1) is 12.8. The van der Waals surface area contributed by atoms with E-state index in [0.29, 0.717) is 0 Å². The van der Waals surface area contributed by atoms with E-state index in [4.69, 9.17) is 19.9 Å². The Morgan fingerprint density at radius 1 is 1.10 bits per heavy atom. The maximum atomic E-state index is 5.96. The summed E-state index contributed by atoms with van der Waals surface area (Å²) in [6.07, 6.45) is 0. The standard InChI is InChI=1S/C16H17NO3/c1-10(17)11-3-5-14(18-2)13(7-11)12-4-6-15-16(8-12)20-9-19-15/h3-8,10H,9,17H2,1-2H3. The smallest absolute Gasteiger partial charge is 0.231 e. The number of hydrogen-bond acceptors (Lipinski definition) is 4. The van der Waals surface area contributed by atoms with Gasteiger partial charge in [-0.05, 0) is 42.3 Å². The van der Waals surface area contributed by atoms with Gasteiger partial charge in [-0.25, -0.2) is 0 Å². The van der Waals surface area contributed by atoms with Gasteiger partial charge >= 0.3 is 0 Å². The molecule has 0 saturated heterocycles. The van der Waals surface area contributed by atoms with Gasteiger partial charge in [0.1, 0.15) is 5.75 Å². The van der Waals surface area contributed by atoms with E-state index < -0.39 is 0 Å². The number of ether oxygens (including phenoxy) is 3. The number of methoxy groups -OCH3 is 1. The molecule has 2 N–H and O–H groups in total. The van der Waals surface area contributed by atoms with Crippen LogP contribution >= 0.6 is 0 Å². The molecule has 3 rings (SSSR count). The highest BCUT2D eigenvalue weighted by Gasteiger charge is 2.16. The lowest BCUT2D eigenvalue weighted by atomic mass is 9.99. The van der Waals surface area contributed by atoms with Gasteiger partial charge in [-0.1, -0.05) is 12.1 Å². The molecule has 0 aromatic heterocycles. The quantitative estimate of drug-likeness (QED) is 0.932. The summed E-state index contributed by atoms with van der Waals surface area (Å²) in [4.78, 5) is 0. The Morgan fingerprint density at radius 2 is 1.90 bits per heavy atom. The van der Waals surface area contributed by atoms with Crippen molar-refractivity contribution in [1.29, 1.82) is 0 Å². The number of benzene rings is 2. The third-order valence-electron chi connectivity index (χ3n) is 3.43. The van der Waals surface area contributed by atoms with E-state index in [1.165, 1.54) is 0 Å². The van der Waals surface area contributed by atoms with Crippen LogP contribution in [0.15, 0.2) is 36.4 Å². The van der Waals surface area contributed by atoms with Crippen LogP contribution in [0.2, 0.25) is 0 Å². The molecule has 0 amide bonds. The Bertz CT molecular complexity index is 638. The maximum absolute atomic E-state index is 5.96. The Labute approximate surface area is 118 Å². The summed E-state index contributed by atoms with van der Waals surface area (Å²) in [5.74, 6) is 2.35. The van der Waals surface area contributed by atoms with Gasteiger partial charge in [-0.15, -0.1) is 0 Å². The SMILES string of the molecule is COc1ccc(C(C)N)cc1-c1ccc2c(c1)OCO2. The van der Waals surface area contributed by atoms with Crippen LogP contribution < -0.4 is 19.9 Å². The lowest BCUT2D eigenvalue weighted by Gasteiger charge is -2.13. The van der Waals surface area contributed by atoms with E-state index >= 15 is 0 Å². The maximum Gasteiger partial charge on any atom is 0.231 e. The van der Waals surface area contributed by atoms with Crippen molar-refractivity contribution in [3.05, 3.63) is 42.0 Å². The monoisotopic (exact) mass is 271 g/mol. The first-order valence-corrected chi connectivity index (χ1v) is 6.52. The molecular formula is C16H17NO3. The summed E-state index contributed by atoms with van der Waals surface area (Å²) in [5, 5.41) is 0. The third kappa shape index (κ3) is 2.18. The van der Waals surface area contributed by atoms with Crippen molar-refractivity contribution in [3.63, 3.8) is 0 Å². The Hall–Kier alpha value is -2.20. The van der Waals surface area contributed by atoms with Gasteiger partial charge in [0, 0.05) is 11.6 Å². The molecule has 2 aromatic rings. The molecule has 1 unspecified atom stereocenters. The Morgan fingerprint density at radius 3 is 2.65 bits per heavy atom. The van der Waals surface area contributed by atoms with Crippen molar-refractivity contribution < 1.29 is 14.2 Å². The summed E-state index contributed by atoms with van der Waals surface area (Å²) in [7, 11) is 1.66. The molecule has 4 heteroatoms. The second-order valence-corrected chi connectivity index (χ2v) is 4.82. The van der Waals surface area contributed by atoms with Crippen LogP contribution in [0.3, 0.4) is 0 Å². The minimum absolute atomic E-state index is 0.0198. The zero-order valence-corrected chi connectivity index (χ0v) is 11.6. The number of fused-ring (bicyclic) bond motifs is 1. The molecule has 0 radical (unpaired) electrons. The molecule has 1 aliphatic heterocycles. The molecule has 20 heavy (non-hydrogen) atoms. The van der Waals surface area contributed by atoms with E-state index in [1.807, 2.05) is 37.3 Å². The first-order chi connectivity index (χ1) is 9.69. The van der Waals surface area contributed by atoms with Crippen molar-refractivity contribution in [2.24, 2.45) is 5.73 Å². The van der Waals surface area contributed by atoms with E-state index in [9.17, 15) is 0 Å². The Kier molecular flexibility index (Phi) is 3.24. The number of nitrogens with two attached hydrogens (primary N) is 1. The predicted octanol–water partition coefficient (Wildman–Crippen LogP) is 3.11. The van der Waals surface area contributed by atoms with E-state index in [0.717, 1.165) is 33.9 Å². The molecule has 1 atom stereocenters. The molecule has 2 aromatic carbocycles. The summed E-state index contributed by atoms with van der Waals surface area (Å²) < 4.78 is 16.2. The minimum Gasteiger partial charge on any atom is -0.496 e. The molecule has 1 heterocycles. The molecule has 104 valence electrons. The van der Waals surface area contributed by atoms with Crippen LogP contribution in [-0.4, -0.2) is 13.9 Å². The van der Waals surface area contributed by atoms with Crippen LogP contribution in [0.1, 0.15) is 18.5 Å². The van der Waals surface area contributed by atoms with Gasteiger partial charge in [-0.3, -0.25) is 0 Å². The predicted molar refractivity (Wildman–Crippen MR) is 77.2 cm³/mol. The molecule has 0 fully saturated rings. The molecular weight excluding hydrogens is 254 g/mol. The molecule has 0 bridgehead atoms. The van der Waals surface area contributed by atoms with Crippen molar-refractivity contribution in [2.75, 3.05) is 13.9 Å². The zero-order chi connectivity index (χ0) is 14.1. The van der Waals surface area contributed by atoms with E-state index in [1.54, 1.807) is 7.11 Å². The second kappa shape index (κ2) is 5.06. The van der Waals surface area contributed by atoms with Crippen LogP contribution in [0.4, 0.5) is 0 Å². The average Bonchev–Trinajstić information content (AvgIpc) is 2.93. The van der Waals surface area contributed by atoms with Crippen molar-refractivity contribution in [3.8, 4) is 28.4 Å². The summed E-state index contributed by atoms with van der Waals surface area (Å²) >= 11 is 0. The van der Waals surface area contributed by atoms with Gasteiger partial charge in [0.15, 0.2) is 11.5 Å². The molecule has 4 nitrogen and oxygen atoms in total. The molecule has 0 aliphatic carbocycles. The van der Waals surface area contributed by atoms with Gasteiger partial charge in [-0.2, -0.15) is 0 Å². The van der Waals surface area contributed by atoms with Crippen LogP contribution in [0.5, 0.6) is 17.2 Å². The van der Waals surface area contributed by atoms with Crippen molar-refractivity contribution in [2.45, 2.75) is 13.0 Å². The average molecular weight is 271 g/mol. The number of rotatable bonds is 3. The van der Waals surface area contributed by atoms with Gasteiger partial charge in [0.05, 0.1) is 7.11 Å². The van der Waals surface area contributed by atoms with Gasteiger partial charge in [0.25, 0.3) is 0 Å². The van der Waals surface area contributed by atoms with E-state index in [-0.39, 0.29) is 12.8 Å². The molecule has 1 aliphatic rings. The highest BCUT2D eigenvalue weighted by Crippen LogP contribution is 2.39. The number of hydrogen-bond donors (Lipinski definition) is 1. The fraction of sp³-hybridized carbons (Fsp3) is 0.250. The topological polar surface area (TPSA) is 53.7 Å². The summed E-state index contributed by atoms with van der Waals surface area (Å²) in [6.45, 7) is 2.24. The Balaban J connectivity index is 2.10. The van der Waals surface area contributed by atoms with Gasteiger partial charge < -0.3 is 19.9 Å². The lowest BCUT2D eigenvalue weighted by molar-refractivity contribution is 0.174. The molecule has 0 spiro atoms. The van der Waals surface area contributed by atoms with Gasteiger partial charge in [0.2, 0.25) is 6.79 Å². The zero-order valence-electron chi connectivity index (χ0n) is 11.6. The molecule has 0 saturated carbocycles. The largest absolute Gasteiger partial charge is 0.496 e. The van der Waals surface area contributed by atoms with E-state index in [2.05, 4.69) is 6.07 Å². The summed E-state index contributed by atoms with van der Waals surface area (Å²) in [5.41, 5.74) is 9.05. The summed E-state index contributed by atoms with van der Waals surface area (Å²) in [6, 6.07) is 11.8. The highest BCUT2D eigenvalue weighted by molar-refractivity contribution is 5.74. The third-order valence-corrected chi connectivity index (χ3v) is 3.43. The fourth-order valence-corrected chi connectivity index (χ4v) is 2.30. The van der Waals surface area contributed by atoms with Crippen molar-refractivity contribution in [1.82, 2.24) is 0 Å². The minimum atomic E-state index is -0.0198. The van der Waals surface area contributed by atoms with Crippen molar-refractivity contribution >= 4 is 0 Å². The highest BCUT2D eigenvalue weighted by atomic mass is 16.7. The second-order valence-electron chi connectivity index (χ2n) is 4.82. The van der Waals surface area contributed by atoms with Crippen LogP contribution in [-0.2, 0) is 0 Å². The fourth-order valence-electron chi connectivity index (χ4n) is 2.30. The lowest BCUT2D eigenvalue weighted by Crippen LogP contribution is -2.05. The van der Waals surface area contributed by atoms with Crippen LogP contribution in [0, 0.1) is 0 Å².